The highest BCUT2D eigenvalue weighted by Crippen LogP contribution is 2.52. The highest BCUT2D eigenvalue weighted by molar-refractivity contribution is 7.53. The normalized spacial score (nSPS) is 11.7. The molecule has 7 nitrogen and oxygen atoms in total. The molecule has 0 aliphatic rings. The summed E-state index contributed by atoms with van der Waals surface area (Å²) in [4.78, 5) is 12.0. The van der Waals surface area contributed by atoms with Gasteiger partial charge < -0.3 is 22.9 Å². The molecule has 1 rings (SSSR count). The van der Waals surface area contributed by atoms with E-state index in [2.05, 4.69) is 0 Å². The van der Waals surface area contributed by atoms with E-state index < -0.39 is 13.6 Å². The van der Waals surface area contributed by atoms with Crippen LogP contribution in [-0.4, -0.2) is 32.9 Å². The minimum absolute atomic E-state index is 0.0160. The molecule has 0 saturated heterocycles. The first kappa shape index (κ1) is 19.9. The van der Waals surface area contributed by atoms with Gasteiger partial charge in [0.1, 0.15) is 5.76 Å². The summed E-state index contributed by atoms with van der Waals surface area (Å²) < 4.78 is 39.0. The first-order chi connectivity index (χ1) is 10.9. The molecule has 0 saturated carbocycles. The van der Waals surface area contributed by atoms with Gasteiger partial charge in [-0.15, -0.1) is 0 Å². The third-order valence-electron chi connectivity index (χ3n) is 3.07. The van der Waals surface area contributed by atoms with Gasteiger partial charge in [-0.1, -0.05) is 0 Å². The van der Waals surface area contributed by atoms with Gasteiger partial charge in [-0.3, -0.25) is 4.57 Å². The van der Waals surface area contributed by atoms with Crippen molar-refractivity contribution in [1.29, 1.82) is 0 Å². The number of carbonyl (C=O) groups excluding carboxylic acids is 1. The van der Waals surface area contributed by atoms with Gasteiger partial charge >= 0.3 is 13.6 Å². The van der Waals surface area contributed by atoms with Crippen LogP contribution in [0.15, 0.2) is 4.42 Å². The van der Waals surface area contributed by atoms with Gasteiger partial charge in [0.25, 0.3) is 0 Å². The lowest BCUT2D eigenvalue weighted by atomic mass is 10.1. The zero-order chi connectivity index (χ0) is 17.5. The monoisotopic (exact) mass is 348 g/mol. The quantitative estimate of drug-likeness (QED) is 0.471. The Bertz CT molecular complexity index is 554. The van der Waals surface area contributed by atoms with E-state index in [1.54, 1.807) is 27.7 Å². The number of methoxy groups -OCH3 is 1. The van der Waals surface area contributed by atoms with E-state index in [9.17, 15) is 9.36 Å². The third-order valence-corrected chi connectivity index (χ3v) is 5.08. The van der Waals surface area contributed by atoms with Gasteiger partial charge in [0.2, 0.25) is 5.76 Å². The maximum Gasteiger partial charge on any atom is 0.374 e. The molecule has 1 aromatic heterocycles. The molecule has 0 spiro atoms. The fraction of sp³-hybridized carbons (Fsp3) is 0.667. The van der Waals surface area contributed by atoms with Crippen molar-refractivity contribution < 1.29 is 32.3 Å². The Morgan fingerprint density at radius 2 is 1.70 bits per heavy atom. The van der Waals surface area contributed by atoms with E-state index in [0.29, 0.717) is 16.9 Å². The van der Waals surface area contributed by atoms with Crippen molar-refractivity contribution >= 4 is 13.6 Å². The van der Waals surface area contributed by atoms with Crippen LogP contribution in [0, 0.1) is 6.92 Å². The zero-order valence-corrected chi connectivity index (χ0v) is 15.2. The topological polar surface area (TPSA) is 84.2 Å². The molecule has 1 heterocycles. The Morgan fingerprint density at radius 3 is 2.17 bits per heavy atom. The number of ether oxygens (including phenoxy) is 2. The number of aryl methyl sites for hydroxylation is 1. The summed E-state index contributed by atoms with van der Waals surface area (Å²) in [7, 11) is -1.81. The molecule has 0 unspecified atom stereocenters. The molecule has 0 radical (unpaired) electrons. The van der Waals surface area contributed by atoms with Crippen LogP contribution in [-0.2, 0) is 35.9 Å². The highest BCUT2D eigenvalue weighted by Gasteiger charge is 2.31. The van der Waals surface area contributed by atoms with Gasteiger partial charge in [0.15, 0.2) is 0 Å². The minimum Gasteiger partial charge on any atom is -0.460 e. The van der Waals surface area contributed by atoms with E-state index in [1.807, 2.05) is 0 Å². The molecule has 0 aliphatic carbocycles. The molecule has 0 aromatic carbocycles. The molecule has 0 N–H and O–H groups in total. The smallest absolute Gasteiger partial charge is 0.374 e. The van der Waals surface area contributed by atoms with Crippen LogP contribution < -0.4 is 0 Å². The molecule has 0 bridgehead atoms. The van der Waals surface area contributed by atoms with Gasteiger partial charge in [0.05, 0.1) is 32.6 Å². The van der Waals surface area contributed by atoms with E-state index in [1.165, 1.54) is 7.11 Å². The first-order valence-corrected chi connectivity index (χ1v) is 9.30. The largest absolute Gasteiger partial charge is 0.460 e. The summed E-state index contributed by atoms with van der Waals surface area (Å²) in [5, 5.41) is 0. The second-order valence-corrected chi connectivity index (χ2v) is 6.76. The van der Waals surface area contributed by atoms with E-state index in [0.717, 1.165) is 0 Å². The average Bonchev–Trinajstić information content (AvgIpc) is 2.77. The molecule has 8 heteroatoms. The second kappa shape index (κ2) is 9.23. The number of hydrogen-bond donors (Lipinski definition) is 0. The molecular formula is C15H25O7P. The summed E-state index contributed by atoms with van der Waals surface area (Å²) in [6.07, 6.45) is 0.0160. The molecule has 0 fully saturated rings. The summed E-state index contributed by atoms with van der Waals surface area (Å²) in [6.45, 7) is 7.79. The Balaban J connectivity index is 3.23. The van der Waals surface area contributed by atoms with Gasteiger partial charge in [-0.2, -0.15) is 0 Å². The molecule has 0 aliphatic heterocycles. The van der Waals surface area contributed by atoms with Crippen molar-refractivity contribution in [2.75, 3.05) is 26.9 Å². The van der Waals surface area contributed by atoms with Crippen molar-refractivity contribution in [3.63, 3.8) is 0 Å². The maximum absolute atomic E-state index is 12.8. The fourth-order valence-electron chi connectivity index (χ4n) is 2.21. The van der Waals surface area contributed by atoms with Crippen LogP contribution in [0.3, 0.4) is 0 Å². The number of carbonyl (C=O) groups is 1. The predicted octanol–water partition coefficient (Wildman–Crippen LogP) is 3.68. The first-order valence-electron chi connectivity index (χ1n) is 7.57. The van der Waals surface area contributed by atoms with Crippen molar-refractivity contribution in [3.8, 4) is 0 Å². The van der Waals surface area contributed by atoms with Crippen molar-refractivity contribution in [2.45, 2.75) is 40.5 Å². The van der Waals surface area contributed by atoms with Crippen LogP contribution in [0.4, 0.5) is 0 Å². The number of esters is 1. The summed E-state index contributed by atoms with van der Waals surface area (Å²) >= 11 is 0. The SMILES string of the molecule is CCOC(=O)c1oc(C)c(CP(=O)(OCC)OCC)c1COC. The number of furan rings is 1. The zero-order valence-electron chi connectivity index (χ0n) is 14.3. The minimum atomic E-state index is -3.32. The van der Waals surface area contributed by atoms with E-state index in [4.69, 9.17) is 22.9 Å². The van der Waals surface area contributed by atoms with Crippen molar-refractivity contribution in [3.05, 3.63) is 22.6 Å². The Morgan fingerprint density at radius 1 is 1.09 bits per heavy atom. The lowest BCUT2D eigenvalue weighted by molar-refractivity contribution is 0.0482. The predicted molar refractivity (Wildman–Crippen MR) is 84.7 cm³/mol. The Hall–Kier alpha value is -1.14. The highest BCUT2D eigenvalue weighted by atomic mass is 31.2. The van der Waals surface area contributed by atoms with Crippen LogP contribution in [0.1, 0.15) is 48.2 Å². The fourth-order valence-corrected chi connectivity index (χ4v) is 4.05. The van der Waals surface area contributed by atoms with E-state index >= 15 is 0 Å². The van der Waals surface area contributed by atoms with Crippen LogP contribution in [0.25, 0.3) is 0 Å². The number of hydrogen-bond acceptors (Lipinski definition) is 7. The van der Waals surface area contributed by atoms with Crippen molar-refractivity contribution in [1.82, 2.24) is 0 Å². The lowest BCUT2D eigenvalue weighted by Crippen LogP contribution is -2.08. The van der Waals surface area contributed by atoms with Gasteiger partial charge in [0, 0.05) is 18.2 Å². The van der Waals surface area contributed by atoms with Crippen LogP contribution >= 0.6 is 7.60 Å². The lowest BCUT2D eigenvalue weighted by Gasteiger charge is -2.17. The summed E-state index contributed by atoms with van der Waals surface area (Å²) in [5.74, 6) is -0.0305. The van der Waals surface area contributed by atoms with Gasteiger partial charge in [-0.25, -0.2) is 4.79 Å². The van der Waals surface area contributed by atoms with Crippen LogP contribution in [0.5, 0.6) is 0 Å². The summed E-state index contributed by atoms with van der Waals surface area (Å²) in [5.41, 5.74) is 1.11. The Labute approximate surface area is 136 Å². The number of rotatable bonds is 10. The molecule has 1 aromatic rings. The standard InChI is InChI=1S/C15H25O7P/c1-6-19-15(16)14-12(9-18-5)13(11(4)22-14)10-23(17,20-7-2)21-8-3/h6-10H2,1-5H3. The molecule has 23 heavy (non-hydrogen) atoms. The molecular weight excluding hydrogens is 323 g/mol. The van der Waals surface area contributed by atoms with E-state index in [-0.39, 0.29) is 38.3 Å². The molecule has 132 valence electrons. The Kier molecular flexibility index (Phi) is 7.99. The van der Waals surface area contributed by atoms with Gasteiger partial charge in [-0.05, 0) is 27.7 Å². The molecule has 0 atom stereocenters. The summed E-state index contributed by atoms with van der Waals surface area (Å²) in [6, 6.07) is 0. The van der Waals surface area contributed by atoms with Crippen molar-refractivity contribution in [2.24, 2.45) is 0 Å². The maximum atomic E-state index is 12.8. The molecule has 0 amide bonds. The van der Waals surface area contributed by atoms with Crippen LogP contribution in [0.2, 0.25) is 0 Å². The third kappa shape index (κ3) is 5.18. The average molecular weight is 348 g/mol. The second-order valence-electron chi connectivity index (χ2n) is 4.70.